The minimum Gasteiger partial charge on any atom is -0.0622 e. The molecule has 4 fully saturated rings. The topological polar surface area (TPSA) is 0 Å². The fourth-order valence-electron chi connectivity index (χ4n) is 5.76. The van der Waals surface area contributed by atoms with Crippen molar-refractivity contribution in [2.45, 2.75) is 66.2 Å². The van der Waals surface area contributed by atoms with Gasteiger partial charge in [0.2, 0.25) is 0 Å². The molecule has 4 rings (SSSR count). The van der Waals surface area contributed by atoms with Gasteiger partial charge >= 0.3 is 0 Å². The van der Waals surface area contributed by atoms with Gasteiger partial charge in [0.1, 0.15) is 0 Å². The Balaban J connectivity index is 1.97. The number of rotatable bonds is 2. The summed E-state index contributed by atoms with van der Waals surface area (Å²) in [5, 5.41) is 0. The van der Waals surface area contributed by atoms with Crippen molar-refractivity contribution >= 4 is 0 Å². The van der Waals surface area contributed by atoms with Gasteiger partial charge in [-0.3, -0.25) is 0 Å². The first-order chi connectivity index (χ1) is 7.46. The smallest absolute Gasteiger partial charge is 0.0264 e. The molecule has 0 amide bonds. The molecule has 92 valence electrons. The predicted molar refractivity (Wildman–Crippen MR) is 69.2 cm³/mol. The van der Waals surface area contributed by atoms with Gasteiger partial charge in [0.15, 0.2) is 0 Å². The van der Waals surface area contributed by atoms with Crippen molar-refractivity contribution in [2.24, 2.45) is 34.5 Å². The predicted octanol–water partition coefficient (Wildman–Crippen LogP) is 4.89. The summed E-state index contributed by atoms with van der Waals surface area (Å²) in [6.45, 7) is 9.95. The summed E-state index contributed by atoms with van der Waals surface area (Å²) in [6, 6.07) is 0. The van der Waals surface area contributed by atoms with Crippen LogP contribution >= 0.6 is 0 Å². The maximum atomic E-state index is 2.49. The van der Waals surface area contributed by atoms with Crippen molar-refractivity contribution < 1.29 is 0 Å². The lowest BCUT2D eigenvalue weighted by Gasteiger charge is -2.65. The van der Waals surface area contributed by atoms with Crippen LogP contribution < -0.4 is 0 Å². The van der Waals surface area contributed by atoms with Crippen molar-refractivity contribution in [2.75, 3.05) is 0 Å². The molecule has 4 saturated carbocycles. The molecule has 0 saturated heterocycles. The van der Waals surface area contributed by atoms with E-state index in [1.54, 1.807) is 38.5 Å². The molecule has 0 spiro atoms. The minimum atomic E-state index is 0.744. The van der Waals surface area contributed by atoms with Crippen LogP contribution in [0.3, 0.4) is 0 Å². The lowest BCUT2D eigenvalue weighted by molar-refractivity contribution is -0.148. The van der Waals surface area contributed by atoms with E-state index < -0.39 is 0 Å². The lowest BCUT2D eigenvalue weighted by Crippen LogP contribution is -2.55. The molecule has 0 atom stereocenters. The molecule has 0 aliphatic heterocycles. The summed E-state index contributed by atoms with van der Waals surface area (Å²) >= 11 is 0. The second kappa shape index (κ2) is 3.27. The molecule has 0 heterocycles. The van der Waals surface area contributed by atoms with E-state index in [0.717, 1.165) is 34.5 Å². The fraction of sp³-hybridized carbons (Fsp3) is 1.00. The normalized spacial score (nSPS) is 50.6. The van der Waals surface area contributed by atoms with Crippen molar-refractivity contribution in [1.29, 1.82) is 0 Å². The first kappa shape index (κ1) is 11.1. The molecule has 4 aliphatic rings. The van der Waals surface area contributed by atoms with Gasteiger partial charge in [-0.25, -0.2) is 0 Å². The zero-order chi connectivity index (χ0) is 11.6. The quantitative estimate of drug-likeness (QED) is 0.622. The Morgan fingerprint density at radius 2 is 1.12 bits per heavy atom. The molecule has 4 aliphatic carbocycles. The maximum absolute atomic E-state index is 2.49. The molecule has 0 N–H and O–H groups in total. The highest BCUT2D eigenvalue weighted by Gasteiger charge is 2.58. The lowest BCUT2D eigenvalue weighted by atomic mass is 9.40. The third-order valence-corrected chi connectivity index (χ3v) is 6.60. The highest BCUT2D eigenvalue weighted by Crippen LogP contribution is 2.69. The first-order valence-electron chi connectivity index (χ1n) is 7.46. The fourth-order valence-corrected chi connectivity index (χ4v) is 5.76. The van der Waals surface area contributed by atoms with Crippen LogP contribution in [0, 0.1) is 34.5 Å². The van der Waals surface area contributed by atoms with Gasteiger partial charge in [0.05, 0.1) is 0 Å². The summed E-state index contributed by atoms with van der Waals surface area (Å²) < 4.78 is 0. The van der Waals surface area contributed by atoms with Crippen LogP contribution in [0.1, 0.15) is 66.2 Å². The third kappa shape index (κ3) is 1.34. The van der Waals surface area contributed by atoms with E-state index in [4.69, 9.17) is 0 Å². The Labute approximate surface area is 101 Å². The summed E-state index contributed by atoms with van der Waals surface area (Å²) in [7, 11) is 0. The van der Waals surface area contributed by atoms with Crippen LogP contribution in [0.2, 0.25) is 0 Å². The Morgan fingerprint density at radius 1 is 0.750 bits per heavy atom. The van der Waals surface area contributed by atoms with Gasteiger partial charge in [0, 0.05) is 0 Å². The minimum absolute atomic E-state index is 0.744. The second-order valence-electron chi connectivity index (χ2n) is 8.00. The Bertz CT molecular complexity index is 246. The summed E-state index contributed by atoms with van der Waals surface area (Å²) in [5.74, 6) is 4.00. The van der Waals surface area contributed by atoms with Gasteiger partial charge in [0.25, 0.3) is 0 Å². The highest BCUT2D eigenvalue weighted by atomic mass is 14.6. The monoisotopic (exact) mass is 220 g/mol. The average molecular weight is 220 g/mol. The number of hydrogen-bond donors (Lipinski definition) is 0. The summed E-state index contributed by atoms with van der Waals surface area (Å²) in [5.41, 5.74) is 1.49. The van der Waals surface area contributed by atoms with Crippen molar-refractivity contribution in [3.05, 3.63) is 0 Å². The van der Waals surface area contributed by atoms with Crippen LogP contribution in [-0.4, -0.2) is 0 Å². The van der Waals surface area contributed by atoms with Gasteiger partial charge in [-0.1, -0.05) is 27.7 Å². The maximum Gasteiger partial charge on any atom is -0.0264 e. The molecule has 4 bridgehead atoms. The van der Waals surface area contributed by atoms with E-state index in [9.17, 15) is 0 Å². The van der Waals surface area contributed by atoms with E-state index in [1.807, 2.05) is 0 Å². The second-order valence-corrected chi connectivity index (χ2v) is 8.00. The molecule has 0 radical (unpaired) electrons. The molecular formula is C16H28. The SMILES string of the molecule is CC(C)C12CC3CC(C1)CC(C(C)C)(C3)C2. The zero-order valence-corrected chi connectivity index (χ0v) is 11.6. The highest BCUT2D eigenvalue weighted by molar-refractivity contribution is 5.09. The molecule has 16 heavy (non-hydrogen) atoms. The van der Waals surface area contributed by atoms with Gasteiger partial charge in [-0.2, -0.15) is 0 Å². The molecule has 0 nitrogen and oxygen atoms in total. The van der Waals surface area contributed by atoms with Gasteiger partial charge < -0.3 is 0 Å². The van der Waals surface area contributed by atoms with E-state index in [2.05, 4.69) is 27.7 Å². The zero-order valence-electron chi connectivity index (χ0n) is 11.6. The summed E-state index contributed by atoms with van der Waals surface area (Å²) in [6.07, 6.45) is 9.39. The Kier molecular flexibility index (Phi) is 2.27. The Morgan fingerprint density at radius 3 is 1.44 bits per heavy atom. The largest absolute Gasteiger partial charge is 0.0622 e. The van der Waals surface area contributed by atoms with Crippen LogP contribution in [0.4, 0.5) is 0 Å². The van der Waals surface area contributed by atoms with Crippen LogP contribution in [-0.2, 0) is 0 Å². The molecule has 0 aromatic carbocycles. The van der Waals surface area contributed by atoms with Gasteiger partial charge in [-0.05, 0) is 73.0 Å². The first-order valence-corrected chi connectivity index (χ1v) is 7.46. The van der Waals surface area contributed by atoms with Crippen molar-refractivity contribution in [1.82, 2.24) is 0 Å². The van der Waals surface area contributed by atoms with E-state index >= 15 is 0 Å². The van der Waals surface area contributed by atoms with Crippen LogP contribution in [0.25, 0.3) is 0 Å². The Hall–Kier alpha value is 0. The number of hydrogen-bond acceptors (Lipinski definition) is 0. The van der Waals surface area contributed by atoms with Gasteiger partial charge in [-0.15, -0.1) is 0 Å². The molecule has 0 aromatic rings. The molecule has 0 heteroatoms. The molecule has 0 unspecified atom stereocenters. The van der Waals surface area contributed by atoms with E-state index in [1.165, 1.54) is 0 Å². The van der Waals surface area contributed by atoms with E-state index in [0.29, 0.717) is 0 Å². The van der Waals surface area contributed by atoms with Crippen molar-refractivity contribution in [3.63, 3.8) is 0 Å². The van der Waals surface area contributed by atoms with Crippen LogP contribution in [0.5, 0.6) is 0 Å². The van der Waals surface area contributed by atoms with Crippen molar-refractivity contribution in [3.8, 4) is 0 Å². The molecular weight excluding hydrogens is 192 g/mol. The third-order valence-electron chi connectivity index (χ3n) is 6.60. The average Bonchev–Trinajstić information content (AvgIpc) is 2.14. The molecule has 0 aromatic heterocycles. The van der Waals surface area contributed by atoms with Crippen LogP contribution in [0.15, 0.2) is 0 Å². The standard InChI is InChI=1S/C16H28/c1-11(2)15-6-13-5-14(7-15)9-16(8-13,10-15)12(3)4/h11-14H,5-10H2,1-4H3. The van der Waals surface area contributed by atoms with E-state index in [-0.39, 0.29) is 0 Å². The summed E-state index contributed by atoms with van der Waals surface area (Å²) in [4.78, 5) is 0.